The molecular formula is C26H24N4O2. The number of para-hydroxylation sites is 1. The Morgan fingerprint density at radius 2 is 1.75 bits per heavy atom. The Hall–Kier alpha value is -3.67. The molecule has 0 bridgehead atoms. The molecule has 2 aromatic carbocycles. The van der Waals surface area contributed by atoms with Gasteiger partial charge in [-0.2, -0.15) is 0 Å². The number of aromatic nitrogens is 2. The maximum Gasteiger partial charge on any atom is 0.259 e. The van der Waals surface area contributed by atoms with Gasteiger partial charge in [0.15, 0.2) is 0 Å². The highest BCUT2D eigenvalue weighted by atomic mass is 16.5. The van der Waals surface area contributed by atoms with Gasteiger partial charge < -0.3 is 14.7 Å². The average Bonchev–Trinajstić information content (AvgIpc) is 3.44. The van der Waals surface area contributed by atoms with Crippen molar-refractivity contribution in [1.29, 1.82) is 0 Å². The van der Waals surface area contributed by atoms with Crippen molar-refractivity contribution in [3.05, 3.63) is 78.0 Å². The van der Waals surface area contributed by atoms with Crippen molar-refractivity contribution in [2.24, 2.45) is 0 Å². The van der Waals surface area contributed by atoms with Gasteiger partial charge in [-0.3, -0.25) is 4.79 Å². The molecular weight excluding hydrogens is 400 g/mol. The summed E-state index contributed by atoms with van der Waals surface area (Å²) in [7, 11) is 0. The first-order valence-corrected chi connectivity index (χ1v) is 11.2. The largest absolute Gasteiger partial charge is 0.380 e. The van der Waals surface area contributed by atoms with Crippen LogP contribution in [-0.2, 0) is 0 Å². The minimum atomic E-state index is 0.0250. The molecule has 160 valence electrons. The van der Waals surface area contributed by atoms with Crippen LogP contribution in [0.5, 0.6) is 0 Å². The number of amides is 1. The van der Waals surface area contributed by atoms with Crippen LogP contribution >= 0.6 is 0 Å². The second kappa shape index (κ2) is 7.79. The van der Waals surface area contributed by atoms with Gasteiger partial charge >= 0.3 is 0 Å². The van der Waals surface area contributed by atoms with Crippen LogP contribution in [0.2, 0.25) is 0 Å². The summed E-state index contributed by atoms with van der Waals surface area (Å²) in [6.45, 7) is 1.39. The van der Waals surface area contributed by atoms with E-state index in [4.69, 9.17) is 9.51 Å². The van der Waals surface area contributed by atoms with Gasteiger partial charge in [0.05, 0.1) is 10.9 Å². The maximum absolute atomic E-state index is 13.7. The first kappa shape index (κ1) is 19.0. The molecule has 4 aromatic rings. The second-order valence-corrected chi connectivity index (χ2v) is 8.69. The Labute approximate surface area is 186 Å². The third kappa shape index (κ3) is 3.51. The minimum Gasteiger partial charge on any atom is -0.380 e. The molecule has 6 nitrogen and oxygen atoms in total. The molecule has 1 saturated carbocycles. The summed E-state index contributed by atoms with van der Waals surface area (Å²) in [5.41, 5.74) is 4.73. The highest BCUT2D eigenvalue weighted by Crippen LogP contribution is 2.41. The zero-order valence-corrected chi connectivity index (χ0v) is 17.7. The molecule has 2 fully saturated rings. The Balaban J connectivity index is 1.34. The van der Waals surface area contributed by atoms with Gasteiger partial charge in [0.25, 0.3) is 11.6 Å². The van der Waals surface area contributed by atoms with Crippen LogP contribution in [0, 0.1) is 0 Å². The van der Waals surface area contributed by atoms with Crippen LogP contribution in [0.1, 0.15) is 41.2 Å². The van der Waals surface area contributed by atoms with E-state index < -0.39 is 0 Å². The quantitative estimate of drug-likeness (QED) is 0.483. The van der Waals surface area contributed by atoms with E-state index in [9.17, 15) is 4.79 Å². The van der Waals surface area contributed by atoms with Gasteiger partial charge in [-0.15, -0.1) is 0 Å². The van der Waals surface area contributed by atoms with Crippen molar-refractivity contribution in [2.75, 3.05) is 18.4 Å². The third-order valence-corrected chi connectivity index (χ3v) is 6.36. The number of pyridine rings is 1. The predicted molar refractivity (Wildman–Crippen MR) is 124 cm³/mol. The van der Waals surface area contributed by atoms with Crippen molar-refractivity contribution < 1.29 is 9.32 Å². The fourth-order valence-electron chi connectivity index (χ4n) is 4.52. The van der Waals surface area contributed by atoms with Gasteiger partial charge in [-0.1, -0.05) is 53.7 Å². The lowest BCUT2D eigenvalue weighted by Gasteiger charge is -2.18. The number of nitrogens with zero attached hydrogens (tertiary/aromatic N) is 3. The maximum atomic E-state index is 13.7. The first-order valence-electron chi connectivity index (χ1n) is 11.2. The number of nitrogens with one attached hydrogen (secondary N) is 1. The lowest BCUT2D eigenvalue weighted by Crippen LogP contribution is -2.31. The van der Waals surface area contributed by atoms with Crippen molar-refractivity contribution in [2.45, 2.75) is 31.2 Å². The van der Waals surface area contributed by atoms with Crippen LogP contribution in [0.4, 0.5) is 5.69 Å². The molecule has 2 aliphatic rings. The molecule has 1 unspecified atom stereocenters. The van der Waals surface area contributed by atoms with Crippen molar-refractivity contribution in [3.8, 4) is 11.3 Å². The van der Waals surface area contributed by atoms with Gasteiger partial charge in [0.2, 0.25) is 0 Å². The number of benzene rings is 2. The van der Waals surface area contributed by atoms with Gasteiger partial charge in [-0.05, 0) is 37.5 Å². The Kier molecular flexibility index (Phi) is 4.63. The van der Waals surface area contributed by atoms with Crippen LogP contribution in [0.25, 0.3) is 22.4 Å². The highest BCUT2D eigenvalue weighted by Gasteiger charge is 2.33. The molecule has 1 aliphatic carbocycles. The third-order valence-electron chi connectivity index (χ3n) is 6.36. The fourth-order valence-corrected chi connectivity index (χ4v) is 4.52. The van der Waals surface area contributed by atoms with E-state index in [-0.39, 0.29) is 11.9 Å². The number of likely N-dealkylation sites (tertiary alicyclic amines) is 1. The normalized spacial score (nSPS) is 18.2. The molecule has 6 rings (SSSR count). The van der Waals surface area contributed by atoms with Crippen LogP contribution < -0.4 is 5.32 Å². The zero-order chi connectivity index (χ0) is 21.5. The van der Waals surface area contributed by atoms with Crippen LogP contribution in [0.3, 0.4) is 0 Å². The van der Waals surface area contributed by atoms with Crippen LogP contribution in [0.15, 0.2) is 71.3 Å². The highest BCUT2D eigenvalue weighted by molar-refractivity contribution is 6.09. The molecule has 1 N–H and O–H groups in total. The number of rotatable bonds is 5. The molecule has 0 spiro atoms. The summed E-state index contributed by atoms with van der Waals surface area (Å²) in [4.78, 5) is 20.4. The number of carbonyl (C=O) groups excluding carboxylic acids is 1. The minimum absolute atomic E-state index is 0.0250. The summed E-state index contributed by atoms with van der Waals surface area (Å²) < 4.78 is 5.63. The topological polar surface area (TPSA) is 71.3 Å². The van der Waals surface area contributed by atoms with Crippen molar-refractivity contribution in [1.82, 2.24) is 15.0 Å². The molecule has 2 aromatic heterocycles. The van der Waals surface area contributed by atoms with Gasteiger partial charge in [0.1, 0.15) is 5.69 Å². The van der Waals surface area contributed by atoms with Gasteiger partial charge in [0, 0.05) is 42.0 Å². The standard InChI is InChI=1S/C26H24N4O2/c31-26(30-14-13-20(16-30)27-19-9-5-2-6-10-19)21-15-22(17-11-12-17)28-25-23(21)24(29-32-25)18-7-3-1-4-8-18/h1-10,15,17,20,27H,11-14,16H2. The fraction of sp³-hybridized carbons (Fsp3) is 0.269. The van der Waals surface area contributed by atoms with E-state index in [1.165, 1.54) is 0 Å². The number of carbonyl (C=O) groups is 1. The molecule has 1 amide bonds. The van der Waals surface area contributed by atoms with E-state index in [1.54, 1.807) is 0 Å². The summed E-state index contributed by atoms with van der Waals surface area (Å²) in [6.07, 6.45) is 3.14. The Morgan fingerprint density at radius 1 is 1.00 bits per heavy atom. The Bertz CT molecular complexity index is 1270. The van der Waals surface area contributed by atoms with Gasteiger partial charge in [-0.25, -0.2) is 4.98 Å². The van der Waals surface area contributed by atoms with E-state index in [1.807, 2.05) is 59.5 Å². The number of fused-ring (bicyclic) bond motifs is 1. The van der Waals surface area contributed by atoms with E-state index >= 15 is 0 Å². The average molecular weight is 425 g/mol. The number of hydrogen-bond donors (Lipinski definition) is 1. The number of hydrogen-bond acceptors (Lipinski definition) is 5. The lowest BCUT2D eigenvalue weighted by molar-refractivity contribution is 0.0793. The van der Waals surface area contributed by atoms with E-state index in [0.29, 0.717) is 34.8 Å². The van der Waals surface area contributed by atoms with Crippen molar-refractivity contribution >= 4 is 22.7 Å². The zero-order valence-electron chi connectivity index (χ0n) is 17.7. The SMILES string of the molecule is O=C(c1cc(C2CC2)nc2onc(-c3ccccc3)c12)N1CCC(Nc2ccccc2)C1. The number of anilines is 1. The summed E-state index contributed by atoms with van der Waals surface area (Å²) >= 11 is 0. The monoisotopic (exact) mass is 424 g/mol. The molecule has 3 heterocycles. The summed E-state index contributed by atoms with van der Waals surface area (Å²) in [5.74, 6) is 0.444. The smallest absolute Gasteiger partial charge is 0.259 e. The molecule has 1 aliphatic heterocycles. The lowest BCUT2D eigenvalue weighted by atomic mass is 10.0. The van der Waals surface area contributed by atoms with Crippen LogP contribution in [-0.4, -0.2) is 40.1 Å². The van der Waals surface area contributed by atoms with Crippen molar-refractivity contribution in [3.63, 3.8) is 0 Å². The molecule has 32 heavy (non-hydrogen) atoms. The van der Waals surface area contributed by atoms with E-state index in [0.717, 1.165) is 42.8 Å². The summed E-state index contributed by atoms with van der Waals surface area (Å²) in [5, 5.41) is 8.57. The van der Waals surface area contributed by atoms with E-state index in [2.05, 4.69) is 22.6 Å². The molecule has 6 heteroatoms. The molecule has 0 radical (unpaired) electrons. The Morgan fingerprint density at radius 3 is 2.50 bits per heavy atom. The predicted octanol–water partition coefficient (Wildman–Crippen LogP) is 5.09. The molecule has 1 atom stereocenters. The second-order valence-electron chi connectivity index (χ2n) is 8.69. The molecule has 1 saturated heterocycles. The summed E-state index contributed by atoms with van der Waals surface area (Å²) in [6, 6.07) is 22.2. The first-order chi connectivity index (χ1) is 15.8.